The van der Waals surface area contributed by atoms with Gasteiger partial charge in [-0.25, -0.2) is 0 Å². The number of hydrogen-bond donors (Lipinski definition) is 0. The van der Waals surface area contributed by atoms with Gasteiger partial charge < -0.3 is 0 Å². The van der Waals surface area contributed by atoms with Crippen molar-refractivity contribution in [2.75, 3.05) is 0 Å². The van der Waals surface area contributed by atoms with E-state index in [0.717, 1.165) is 12.1 Å². The van der Waals surface area contributed by atoms with E-state index in [1.807, 2.05) is 13.1 Å². The average molecular weight is 161 g/mol. The van der Waals surface area contributed by atoms with Crippen molar-refractivity contribution in [1.82, 2.24) is 4.98 Å². The highest BCUT2D eigenvalue weighted by Gasteiger charge is 1.96. The molecule has 0 fully saturated rings. The fraction of sp³-hybridized carbons (Fsp3) is 0.364. The highest BCUT2D eigenvalue weighted by molar-refractivity contribution is 5.60. The predicted octanol–water partition coefficient (Wildman–Crippen LogP) is 3.07. The molecule has 1 heteroatoms. The van der Waals surface area contributed by atoms with E-state index in [1.165, 1.54) is 11.1 Å². The van der Waals surface area contributed by atoms with Gasteiger partial charge in [0.05, 0.1) is 5.69 Å². The molecule has 0 aromatic carbocycles. The molecule has 1 aromatic heterocycles. The predicted molar refractivity (Wildman–Crippen MR) is 52.9 cm³/mol. The van der Waals surface area contributed by atoms with Crippen LogP contribution in [0.3, 0.4) is 0 Å². The van der Waals surface area contributed by atoms with Crippen LogP contribution >= 0.6 is 0 Å². The molecule has 1 heterocycles. The lowest BCUT2D eigenvalue weighted by molar-refractivity contribution is 1.11. The third kappa shape index (κ3) is 1.94. The summed E-state index contributed by atoms with van der Waals surface area (Å²) in [5.41, 5.74) is 3.68. The van der Waals surface area contributed by atoms with Crippen molar-refractivity contribution in [2.45, 2.75) is 27.2 Å². The Morgan fingerprint density at radius 2 is 2.33 bits per heavy atom. The van der Waals surface area contributed by atoms with Crippen LogP contribution < -0.4 is 0 Å². The summed E-state index contributed by atoms with van der Waals surface area (Å²) in [4.78, 5) is 4.29. The second-order valence-electron chi connectivity index (χ2n) is 2.87. The van der Waals surface area contributed by atoms with Crippen LogP contribution in [0.1, 0.15) is 32.0 Å². The molecule has 0 radical (unpaired) electrons. The summed E-state index contributed by atoms with van der Waals surface area (Å²) in [5, 5.41) is 0. The van der Waals surface area contributed by atoms with E-state index in [1.54, 1.807) is 0 Å². The maximum atomic E-state index is 4.29. The molecular formula is C11H15N. The number of rotatable bonds is 2. The largest absolute Gasteiger partial charge is 0.257 e. The Bertz CT molecular complexity index is 287. The lowest BCUT2D eigenvalue weighted by Crippen LogP contribution is -1.88. The van der Waals surface area contributed by atoms with Crippen molar-refractivity contribution in [2.24, 2.45) is 0 Å². The summed E-state index contributed by atoms with van der Waals surface area (Å²) in [6, 6.07) is 4.21. The van der Waals surface area contributed by atoms with E-state index in [4.69, 9.17) is 0 Å². The molecular weight excluding hydrogens is 146 g/mol. The van der Waals surface area contributed by atoms with Crippen molar-refractivity contribution >= 4 is 5.57 Å². The van der Waals surface area contributed by atoms with Gasteiger partial charge in [0.2, 0.25) is 0 Å². The number of nitrogens with zero attached hydrogens (tertiary/aromatic N) is 1. The van der Waals surface area contributed by atoms with E-state index in [2.05, 4.69) is 37.0 Å². The van der Waals surface area contributed by atoms with E-state index in [-0.39, 0.29) is 0 Å². The molecule has 1 rings (SSSR count). The van der Waals surface area contributed by atoms with Gasteiger partial charge in [0.1, 0.15) is 0 Å². The van der Waals surface area contributed by atoms with Crippen LogP contribution in [0.15, 0.2) is 24.4 Å². The average Bonchev–Trinajstić information content (AvgIpc) is 2.17. The highest BCUT2D eigenvalue weighted by Crippen LogP contribution is 2.11. The molecule has 12 heavy (non-hydrogen) atoms. The van der Waals surface area contributed by atoms with E-state index in [9.17, 15) is 0 Å². The maximum Gasteiger partial charge on any atom is 0.0658 e. The third-order valence-electron chi connectivity index (χ3n) is 2.07. The zero-order valence-electron chi connectivity index (χ0n) is 7.96. The molecule has 0 atom stereocenters. The molecule has 0 spiro atoms. The van der Waals surface area contributed by atoms with Crippen LogP contribution in [-0.2, 0) is 6.42 Å². The Morgan fingerprint density at radius 1 is 1.58 bits per heavy atom. The van der Waals surface area contributed by atoms with Gasteiger partial charge >= 0.3 is 0 Å². The van der Waals surface area contributed by atoms with Crippen LogP contribution in [0, 0.1) is 0 Å². The van der Waals surface area contributed by atoms with Crippen molar-refractivity contribution in [1.29, 1.82) is 0 Å². The Balaban J connectivity index is 3.02. The first-order chi connectivity index (χ1) is 5.77. The highest BCUT2D eigenvalue weighted by atomic mass is 14.7. The minimum atomic E-state index is 1.08. The number of aryl methyl sites for hydroxylation is 1. The molecule has 64 valence electrons. The first-order valence-electron chi connectivity index (χ1n) is 4.36. The van der Waals surface area contributed by atoms with Crippen molar-refractivity contribution < 1.29 is 0 Å². The second-order valence-corrected chi connectivity index (χ2v) is 2.87. The molecule has 0 bridgehead atoms. The number of pyridine rings is 1. The van der Waals surface area contributed by atoms with Crippen LogP contribution in [0.4, 0.5) is 0 Å². The Morgan fingerprint density at radius 3 is 2.92 bits per heavy atom. The van der Waals surface area contributed by atoms with Crippen molar-refractivity contribution in [3.63, 3.8) is 0 Å². The molecule has 0 saturated heterocycles. The van der Waals surface area contributed by atoms with Crippen LogP contribution in [-0.4, -0.2) is 4.98 Å². The fourth-order valence-electron chi connectivity index (χ4n) is 1.06. The molecule has 0 saturated carbocycles. The summed E-state index contributed by atoms with van der Waals surface area (Å²) in [7, 11) is 0. The van der Waals surface area contributed by atoms with Gasteiger partial charge in [0.25, 0.3) is 0 Å². The monoisotopic (exact) mass is 161 g/mol. The molecule has 0 aliphatic heterocycles. The van der Waals surface area contributed by atoms with E-state index >= 15 is 0 Å². The molecule has 0 N–H and O–H groups in total. The van der Waals surface area contributed by atoms with Crippen LogP contribution in [0.5, 0.6) is 0 Å². The SMILES string of the molecule is C/C=C(/C)c1cc(CC)ccn1. The third-order valence-corrected chi connectivity index (χ3v) is 2.07. The number of allylic oxidation sites excluding steroid dienone is 2. The van der Waals surface area contributed by atoms with Gasteiger partial charge in [0, 0.05) is 6.20 Å². The second kappa shape index (κ2) is 4.05. The minimum absolute atomic E-state index is 1.08. The van der Waals surface area contributed by atoms with E-state index < -0.39 is 0 Å². The lowest BCUT2D eigenvalue weighted by atomic mass is 10.1. The standard InChI is InChI=1S/C11H15N/c1-4-9(3)11-8-10(5-2)6-7-12-11/h4,6-8H,5H2,1-3H3/b9-4-. The Hall–Kier alpha value is -1.11. The summed E-state index contributed by atoms with van der Waals surface area (Å²) >= 11 is 0. The summed E-state index contributed by atoms with van der Waals surface area (Å²) < 4.78 is 0. The van der Waals surface area contributed by atoms with Gasteiger partial charge in [-0.3, -0.25) is 4.98 Å². The first-order valence-corrected chi connectivity index (χ1v) is 4.36. The van der Waals surface area contributed by atoms with Gasteiger partial charge in [0.15, 0.2) is 0 Å². The van der Waals surface area contributed by atoms with Crippen molar-refractivity contribution in [3.05, 3.63) is 35.7 Å². The van der Waals surface area contributed by atoms with Gasteiger partial charge in [-0.2, -0.15) is 0 Å². The molecule has 0 aliphatic rings. The summed E-state index contributed by atoms with van der Waals surface area (Å²) in [5.74, 6) is 0. The van der Waals surface area contributed by atoms with E-state index in [0.29, 0.717) is 0 Å². The molecule has 1 nitrogen and oxygen atoms in total. The Labute approximate surface area is 74.2 Å². The lowest BCUT2D eigenvalue weighted by Gasteiger charge is -2.01. The summed E-state index contributed by atoms with van der Waals surface area (Å²) in [6.45, 7) is 6.28. The smallest absolute Gasteiger partial charge is 0.0658 e. The minimum Gasteiger partial charge on any atom is -0.257 e. The maximum absolute atomic E-state index is 4.29. The number of aromatic nitrogens is 1. The molecule has 0 aliphatic carbocycles. The quantitative estimate of drug-likeness (QED) is 0.649. The van der Waals surface area contributed by atoms with Crippen LogP contribution in [0.2, 0.25) is 0 Å². The van der Waals surface area contributed by atoms with Gasteiger partial charge in [-0.15, -0.1) is 0 Å². The normalized spacial score (nSPS) is 11.8. The van der Waals surface area contributed by atoms with Gasteiger partial charge in [-0.05, 0) is 43.5 Å². The zero-order chi connectivity index (χ0) is 8.97. The topological polar surface area (TPSA) is 12.9 Å². The van der Waals surface area contributed by atoms with Gasteiger partial charge in [-0.1, -0.05) is 13.0 Å². The van der Waals surface area contributed by atoms with Crippen molar-refractivity contribution in [3.8, 4) is 0 Å². The number of hydrogen-bond acceptors (Lipinski definition) is 1. The fourth-order valence-corrected chi connectivity index (χ4v) is 1.06. The molecule has 0 unspecified atom stereocenters. The first kappa shape index (κ1) is 8.98. The Kier molecular flexibility index (Phi) is 3.03. The van der Waals surface area contributed by atoms with Crippen LogP contribution in [0.25, 0.3) is 5.57 Å². The zero-order valence-corrected chi connectivity index (χ0v) is 7.96. The molecule has 0 amide bonds. The molecule has 1 aromatic rings. The summed E-state index contributed by atoms with van der Waals surface area (Å²) in [6.07, 6.45) is 5.04.